The van der Waals surface area contributed by atoms with E-state index in [2.05, 4.69) is 4.57 Å². The molecule has 0 spiro atoms. The molecule has 0 radical (unpaired) electrons. The summed E-state index contributed by atoms with van der Waals surface area (Å²) in [4.78, 5) is 33.3. The first kappa shape index (κ1) is 30.9. The Morgan fingerprint density at radius 1 is 0.979 bits per heavy atom. The van der Waals surface area contributed by atoms with Crippen LogP contribution in [0.5, 0.6) is 0 Å². The molecule has 1 aliphatic rings. The number of hydrogen-bond donors (Lipinski definition) is 0. The van der Waals surface area contributed by atoms with Crippen molar-refractivity contribution in [2.45, 2.75) is 19.5 Å². The van der Waals surface area contributed by atoms with Crippen molar-refractivity contribution < 1.29 is 13.9 Å². The molecule has 4 aromatic carbocycles. The van der Waals surface area contributed by atoms with Crippen LogP contribution in [0.4, 0.5) is 4.39 Å². The van der Waals surface area contributed by atoms with E-state index in [9.17, 15) is 14.0 Å². The average Bonchev–Trinajstić information content (AvgIpc) is 3.59. The number of halogens is 3. The van der Waals surface area contributed by atoms with E-state index in [0.717, 1.165) is 22.0 Å². The first-order valence-electron chi connectivity index (χ1n) is 14.9. The SMILES string of the molecule is CCOC(=O)C1=C(c2ccccc2)N=c2s/c(=C\c3cn(Cc4ccc(Cl)c(Cl)c4)c4ccccc34)c(=O)n2[C@H]1c1ccc(F)cc1. The van der Waals surface area contributed by atoms with Gasteiger partial charge < -0.3 is 9.30 Å². The zero-order valence-corrected chi connectivity index (χ0v) is 27.3. The van der Waals surface area contributed by atoms with Crippen molar-refractivity contribution in [3.8, 4) is 0 Å². The number of carbonyl (C=O) groups is 1. The fraction of sp³-hybridized carbons (Fsp3) is 0.108. The fourth-order valence-electron chi connectivity index (χ4n) is 5.90. The van der Waals surface area contributed by atoms with Crippen molar-refractivity contribution in [1.82, 2.24) is 9.13 Å². The van der Waals surface area contributed by atoms with Crippen molar-refractivity contribution in [1.29, 1.82) is 0 Å². The molecule has 1 atom stereocenters. The summed E-state index contributed by atoms with van der Waals surface area (Å²) in [5.41, 5.74) is 4.36. The molecule has 0 amide bonds. The van der Waals surface area contributed by atoms with Crippen LogP contribution in [-0.2, 0) is 16.1 Å². The van der Waals surface area contributed by atoms with Gasteiger partial charge in [0.05, 0.1) is 38.5 Å². The molecular formula is C37H26Cl2FN3O3S. The van der Waals surface area contributed by atoms with E-state index in [1.165, 1.54) is 28.0 Å². The molecule has 0 aliphatic carbocycles. The largest absolute Gasteiger partial charge is 0.463 e. The summed E-state index contributed by atoms with van der Waals surface area (Å²) in [6.45, 7) is 2.40. The number of carbonyl (C=O) groups excluding carboxylic acids is 1. The third-order valence-corrected chi connectivity index (χ3v) is 9.72. The van der Waals surface area contributed by atoms with Crippen LogP contribution in [0.2, 0.25) is 10.0 Å². The van der Waals surface area contributed by atoms with E-state index in [1.807, 2.05) is 79.0 Å². The van der Waals surface area contributed by atoms with Gasteiger partial charge in [0.15, 0.2) is 4.80 Å². The molecule has 6 nitrogen and oxygen atoms in total. The second-order valence-electron chi connectivity index (χ2n) is 11.0. The molecule has 1 aliphatic heterocycles. The third-order valence-electron chi connectivity index (χ3n) is 8.00. The van der Waals surface area contributed by atoms with Gasteiger partial charge in [0.1, 0.15) is 5.82 Å². The topological polar surface area (TPSA) is 65.6 Å². The van der Waals surface area contributed by atoms with Crippen LogP contribution in [0.15, 0.2) is 119 Å². The number of fused-ring (bicyclic) bond motifs is 2. The predicted molar refractivity (Wildman–Crippen MR) is 185 cm³/mol. The lowest BCUT2D eigenvalue weighted by atomic mass is 9.93. The first-order chi connectivity index (χ1) is 22.8. The van der Waals surface area contributed by atoms with Gasteiger partial charge in [-0.15, -0.1) is 0 Å². The Morgan fingerprint density at radius 2 is 1.72 bits per heavy atom. The number of rotatable bonds is 7. The van der Waals surface area contributed by atoms with Crippen LogP contribution in [0.3, 0.4) is 0 Å². The van der Waals surface area contributed by atoms with Gasteiger partial charge in [0.25, 0.3) is 5.56 Å². The summed E-state index contributed by atoms with van der Waals surface area (Å²) in [5, 5.41) is 1.93. The lowest BCUT2D eigenvalue weighted by Crippen LogP contribution is -2.40. The summed E-state index contributed by atoms with van der Waals surface area (Å²) in [6.07, 6.45) is 3.86. The van der Waals surface area contributed by atoms with Crippen molar-refractivity contribution in [3.05, 3.63) is 167 Å². The Morgan fingerprint density at radius 3 is 2.47 bits per heavy atom. The molecule has 10 heteroatoms. The van der Waals surface area contributed by atoms with E-state index >= 15 is 0 Å². The van der Waals surface area contributed by atoms with Gasteiger partial charge in [0, 0.05) is 34.8 Å². The minimum Gasteiger partial charge on any atom is -0.463 e. The van der Waals surface area contributed by atoms with Gasteiger partial charge in [0.2, 0.25) is 0 Å². The molecule has 0 N–H and O–H groups in total. The van der Waals surface area contributed by atoms with Crippen molar-refractivity contribution in [2.75, 3.05) is 6.61 Å². The number of aromatic nitrogens is 2. The van der Waals surface area contributed by atoms with Crippen LogP contribution in [0.25, 0.3) is 22.7 Å². The van der Waals surface area contributed by atoms with E-state index in [1.54, 1.807) is 25.1 Å². The molecule has 0 saturated carbocycles. The van der Waals surface area contributed by atoms with E-state index < -0.39 is 17.8 Å². The quantitative estimate of drug-likeness (QED) is 0.165. The highest BCUT2D eigenvalue weighted by molar-refractivity contribution is 7.07. The zero-order chi connectivity index (χ0) is 32.7. The van der Waals surface area contributed by atoms with Gasteiger partial charge in [-0.2, -0.15) is 0 Å². The molecule has 0 bridgehead atoms. The molecular weight excluding hydrogens is 656 g/mol. The maximum Gasteiger partial charge on any atom is 0.338 e. The Labute approximate surface area is 282 Å². The minimum absolute atomic E-state index is 0.136. The smallest absolute Gasteiger partial charge is 0.338 e. The van der Waals surface area contributed by atoms with Gasteiger partial charge in [-0.3, -0.25) is 9.36 Å². The summed E-state index contributed by atoms with van der Waals surface area (Å²) < 4.78 is 23.7. The van der Waals surface area contributed by atoms with E-state index in [0.29, 0.717) is 42.7 Å². The van der Waals surface area contributed by atoms with Crippen LogP contribution in [-0.4, -0.2) is 21.7 Å². The number of ether oxygens (including phenoxy) is 1. The first-order valence-corrected chi connectivity index (χ1v) is 16.5. The molecule has 47 heavy (non-hydrogen) atoms. The highest BCUT2D eigenvalue weighted by atomic mass is 35.5. The summed E-state index contributed by atoms with van der Waals surface area (Å²) >= 11 is 13.7. The maximum atomic E-state index is 14.3. The molecule has 6 aromatic rings. The average molecular weight is 683 g/mol. The van der Waals surface area contributed by atoms with Gasteiger partial charge in [-0.25, -0.2) is 14.2 Å². The lowest BCUT2D eigenvalue weighted by Gasteiger charge is -2.25. The number of para-hydroxylation sites is 1. The molecule has 0 fully saturated rings. The maximum absolute atomic E-state index is 14.3. The Balaban J connectivity index is 1.44. The van der Waals surface area contributed by atoms with Crippen LogP contribution < -0.4 is 14.9 Å². The molecule has 2 aromatic heterocycles. The number of hydrogen-bond acceptors (Lipinski definition) is 5. The lowest BCUT2D eigenvalue weighted by molar-refractivity contribution is -0.138. The van der Waals surface area contributed by atoms with Gasteiger partial charge in [-0.05, 0) is 54.5 Å². The summed E-state index contributed by atoms with van der Waals surface area (Å²) in [7, 11) is 0. The van der Waals surface area contributed by atoms with Gasteiger partial charge in [-0.1, -0.05) is 101 Å². The second-order valence-corrected chi connectivity index (χ2v) is 12.8. The molecule has 0 saturated heterocycles. The molecule has 7 rings (SSSR count). The van der Waals surface area contributed by atoms with E-state index in [-0.39, 0.29) is 17.7 Å². The highest BCUT2D eigenvalue weighted by Gasteiger charge is 2.35. The summed E-state index contributed by atoms with van der Waals surface area (Å²) in [5.74, 6) is -1.02. The number of nitrogens with zero attached hydrogens (tertiary/aromatic N) is 3. The van der Waals surface area contributed by atoms with Crippen LogP contribution in [0.1, 0.15) is 35.2 Å². The predicted octanol–water partition coefficient (Wildman–Crippen LogP) is 7.38. The second kappa shape index (κ2) is 12.8. The van der Waals surface area contributed by atoms with Crippen LogP contribution >= 0.6 is 34.5 Å². The minimum atomic E-state index is -0.890. The van der Waals surface area contributed by atoms with Crippen molar-refractivity contribution in [2.24, 2.45) is 4.99 Å². The normalized spacial score (nSPS) is 14.7. The fourth-order valence-corrected chi connectivity index (χ4v) is 7.21. The standard InChI is InChI=1S/C37H26Cl2FN3O3S/c1-2-46-36(45)32-33(23-8-4-3-5-9-23)41-37-43(34(32)24-13-15-26(40)16-14-24)35(44)31(47-37)19-25-21-42(30-11-7-6-10-27(25)30)20-22-12-17-28(38)29(39)18-22/h3-19,21,34H,2,20H2,1H3/b31-19-/t34-/m0/s1. The number of esters is 1. The Kier molecular flexibility index (Phi) is 8.40. The van der Waals surface area contributed by atoms with Crippen LogP contribution in [0, 0.1) is 5.82 Å². The number of thiazole rings is 1. The molecule has 3 heterocycles. The highest BCUT2D eigenvalue weighted by Crippen LogP contribution is 2.35. The summed E-state index contributed by atoms with van der Waals surface area (Å²) in [6, 6.07) is 27.7. The zero-order valence-electron chi connectivity index (χ0n) is 25.0. The third kappa shape index (κ3) is 5.84. The van der Waals surface area contributed by atoms with Gasteiger partial charge >= 0.3 is 5.97 Å². The van der Waals surface area contributed by atoms with Crippen molar-refractivity contribution >= 4 is 63.2 Å². The Hall–Kier alpha value is -4.76. The van der Waals surface area contributed by atoms with E-state index in [4.69, 9.17) is 32.9 Å². The molecule has 0 unspecified atom stereocenters. The number of benzene rings is 4. The molecule has 234 valence electrons. The van der Waals surface area contributed by atoms with Crippen molar-refractivity contribution in [3.63, 3.8) is 0 Å². The monoisotopic (exact) mass is 681 g/mol. The Bertz CT molecular complexity index is 2380.